The summed E-state index contributed by atoms with van der Waals surface area (Å²) >= 11 is 5.97. The molecule has 0 bridgehead atoms. The average molecular weight is 328 g/mol. The van der Waals surface area contributed by atoms with Gasteiger partial charge in [-0.2, -0.15) is 0 Å². The minimum Gasteiger partial charge on any atom is -0.462 e. The number of benzene rings is 2. The summed E-state index contributed by atoms with van der Waals surface area (Å²) in [7, 11) is 0. The maximum atomic E-state index is 12.8. The van der Waals surface area contributed by atoms with Crippen LogP contribution in [0.25, 0.3) is 22.2 Å². The Kier molecular flexibility index (Phi) is 4.17. The predicted molar refractivity (Wildman–Crippen MR) is 91.0 cm³/mol. The van der Waals surface area contributed by atoms with Crippen LogP contribution in [0.2, 0.25) is 5.02 Å². The van der Waals surface area contributed by atoms with Crippen molar-refractivity contribution in [3.05, 3.63) is 69.3 Å². The van der Waals surface area contributed by atoms with Gasteiger partial charge < -0.3 is 9.72 Å². The van der Waals surface area contributed by atoms with Gasteiger partial charge in [-0.15, -0.1) is 0 Å². The van der Waals surface area contributed by atoms with E-state index in [2.05, 4.69) is 4.98 Å². The molecule has 0 aliphatic rings. The predicted octanol–water partition coefficient (Wildman–Crippen LogP) is 4.03. The molecular formula is C18H14ClNO3. The molecule has 1 heterocycles. The second kappa shape index (κ2) is 6.26. The van der Waals surface area contributed by atoms with Gasteiger partial charge in [0.15, 0.2) is 0 Å². The summed E-state index contributed by atoms with van der Waals surface area (Å²) in [5, 5.41) is 0.797. The van der Waals surface area contributed by atoms with Gasteiger partial charge >= 0.3 is 5.97 Å². The van der Waals surface area contributed by atoms with E-state index >= 15 is 0 Å². The first-order chi connectivity index (χ1) is 11.1. The quantitative estimate of drug-likeness (QED) is 0.739. The molecule has 5 heteroatoms. The first-order valence-electron chi connectivity index (χ1n) is 7.20. The zero-order chi connectivity index (χ0) is 16.4. The Bertz CT molecular complexity index is 932. The number of carbonyl (C=O) groups is 1. The molecule has 1 N–H and O–H groups in total. The van der Waals surface area contributed by atoms with E-state index < -0.39 is 11.4 Å². The summed E-state index contributed by atoms with van der Waals surface area (Å²) in [4.78, 5) is 28.3. The average Bonchev–Trinajstić information content (AvgIpc) is 2.56. The molecule has 0 spiro atoms. The zero-order valence-electron chi connectivity index (χ0n) is 12.4. The van der Waals surface area contributed by atoms with Crippen molar-refractivity contribution >= 4 is 28.5 Å². The number of fused-ring (bicyclic) bond motifs is 1. The van der Waals surface area contributed by atoms with Crippen molar-refractivity contribution in [2.45, 2.75) is 6.92 Å². The Morgan fingerprint density at radius 3 is 2.61 bits per heavy atom. The number of hydrogen-bond acceptors (Lipinski definition) is 3. The topological polar surface area (TPSA) is 59.2 Å². The molecule has 4 nitrogen and oxygen atoms in total. The van der Waals surface area contributed by atoms with Crippen LogP contribution in [0.1, 0.15) is 17.3 Å². The standard InChI is InChI=1S/C18H14ClNO3/c1-2-23-18(22)15-16(11-6-4-3-5-7-11)20-14-9-8-12(19)10-13(14)17(15)21/h3-10H,2H2,1H3,(H,20,21). The molecule has 116 valence electrons. The van der Waals surface area contributed by atoms with Crippen molar-refractivity contribution in [1.29, 1.82) is 0 Å². The van der Waals surface area contributed by atoms with Crippen molar-refractivity contribution in [1.82, 2.24) is 4.98 Å². The largest absolute Gasteiger partial charge is 0.462 e. The van der Waals surface area contributed by atoms with Crippen LogP contribution in [-0.2, 0) is 4.74 Å². The molecule has 2 aromatic carbocycles. The molecule has 0 radical (unpaired) electrons. The molecule has 3 aromatic rings. The van der Waals surface area contributed by atoms with E-state index in [0.717, 1.165) is 5.56 Å². The van der Waals surface area contributed by atoms with Gasteiger partial charge in [-0.05, 0) is 30.7 Å². The molecule has 0 saturated carbocycles. The number of rotatable bonds is 3. The lowest BCUT2D eigenvalue weighted by atomic mass is 10.0. The third-order valence-corrected chi connectivity index (χ3v) is 3.74. The lowest BCUT2D eigenvalue weighted by Crippen LogP contribution is -2.20. The van der Waals surface area contributed by atoms with E-state index in [1.165, 1.54) is 0 Å². The lowest BCUT2D eigenvalue weighted by Gasteiger charge is -2.11. The molecular weight excluding hydrogens is 314 g/mol. The molecule has 0 saturated heterocycles. The Morgan fingerprint density at radius 1 is 1.17 bits per heavy atom. The van der Waals surface area contributed by atoms with Gasteiger partial charge in [-0.3, -0.25) is 4.79 Å². The van der Waals surface area contributed by atoms with Crippen LogP contribution in [-0.4, -0.2) is 17.6 Å². The van der Waals surface area contributed by atoms with Crippen molar-refractivity contribution in [3.8, 4) is 11.3 Å². The summed E-state index contributed by atoms with van der Waals surface area (Å²) in [6.45, 7) is 1.90. The lowest BCUT2D eigenvalue weighted by molar-refractivity contribution is 0.0525. The molecule has 0 aliphatic carbocycles. The van der Waals surface area contributed by atoms with Crippen LogP contribution in [0.15, 0.2) is 53.3 Å². The number of esters is 1. The van der Waals surface area contributed by atoms with Crippen molar-refractivity contribution < 1.29 is 9.53 Å². The Labute approximate surface area is 137 Å². The minimum absolute atomic E-state index is 0.00665. The molecule has 0 aliphatic heterocycles. The van der Waals surface area contributed by atoms with Crippen LogP contribution >= 0.6 is 11.6 Å². The molecule has 0 fully saturated rings. The second-order valence-corrected chi connectivity index (χ2v) is 5.42. The third kappa shape index (κ3) is 2.85. The fourth-order valence-corrected chi connectivity index (χ4v) is 2.65. The Balaban J connectivity index is 2.37. The van der Waals surface area contributed by atoms with E-state index in [-0.39, 0.29) is 12.2 Å². The van der Waals surface area contributed by atoms with E-state index in [4.69, 9.17) is 16.3 Å². The number of ether oxygens (including phenoxy) is 1. The van der Waals surface area contributed by atoms with E-state index in [1.807, 2.05) is 30.3 Å². The van der Waals surface area contributed by atoms with E-state index in [9.17, 15) is 9.59 Å². The SMILES string of the molecule is CCOC(=O)c1c(-c2ccccc2)[nH]c2ccc(Cl)cc2c1=O. The Hall–Kier alpha value is -2.59. The van der Waals surface area contributed by atoms with E-state index in [1.54, 1.807) is 25.1 Å². The number of hydrogen-bond donors (Lipinski definition) is 1. The summed E-state index contributed by atoms with van der Waals surface area (Å²) in [5.41, 5.74) is 1.41. The summed E-state index contributed by atoms with van der Waals surface area (Å²) in [6.07, 6.45) is 0. The number of pyridine rings is 1. The number of aromatic amines is 1. The highest BCUT2D eigenvalue weighted by Crippen LogP contribution is 2.24. The summed E-state index contributed by atoms with van der Waals surface area (Å²) < 4.78 is 5.06. The number of halogens is 1. The third-order valence-electron chi connectivity index (χ3n) is 3.50. The Morgan fingerprint density at radius 2 is 1.91 bits per heavy atom. The fraction of sp³-hybridized carbons (Fsp3) is 0.111. The summed E-state index contributed by atoms with van der Waals surface area (Å²) in [5.74, 6) is -0.644. The minimum atomic E-state index is -0.644. The van der Waals surface area contributed by atoms with Crippen LogP contribution in [0.5, 0.6) is 0 Å². The van der Waals surface area contributed by atoms with E-state index in [0.29, 0.717) is 21.6 Å². The number of H-pyrrole nitrogens is 1. The van der Waals surface area contributed by atoms with Crippen molar-refractivity contribution in [2.75, 3.05) is 6.61 Å². The highest BCUT2D eigenvalue weighted by molar-refractivity contribution is 6.31. The maximum Gasteiger partial charge on any atom is 0.344 e. The van der Waals surface area contributed by atoms with Crippen LogP contribution in [0.4, 0.5) is 0 Å². The van der Waals surface area contributed by atoms with Gasteiger partial charge in [0.25, 0.3) is 0 Å². The zero-order valence-corrected chi connectivity index (χ0v) is 13.2. The molecule has 3 rings (SSSR count). The first kappa shape index (κ1) is 15.3. The normalized spacial score (nSPS) is 10.7. The van der Waals surface area contributed by atoms with Gasteiger partial charge in [0, 0.05) is 15.9 Å². The van der Waals surface area contributed by atoms with Gasteiger partial charge in [0.05, 0.1) is 12.3 Å². The van der Waals surface area contributed by atoms with Crippen LogP contribution in [0.3, 0.4) is 0 Å². The van der Waals surface area contributed by atoms with Gasteiger partial charge in [0.1, 0.15) is 5.56 Å². The molecule has 0 amide bonds. The smallest absolute Gasteiger partial charge is 0.344 e. The highest BCUT2D eigenvalue weighted by atomic mass is 35.5. The monoisotopic (exact) mass is 327 g/mol. The first-order valence-corrected chi connectivity index (χ1v) is 7.57. The molecule has 0 unspecified atom stereocenters. The van der Waals surface area contributed by atoms with Gasteiger partial charge in [0.2, 0.25) is 5.43 Å². The number of nitrogens with one attached hydrogen (secondary N) is 1. The molecule has 0 atom stereocenters. The van der Waals surface area contributed by atoms with Crippen LogP contribution < -0.4 is 5.43 Å². The number of aromatic nitrogens is 1. The maximum absolute atomic E-state index is 12.8. The fourth-order valence-electron chi connectivity index (χ4n) is 2.48. The van der Waals surface area contributed by atoms with Gasteiger partial charge in [-0.1, -0.05) is 41.9 Å². The van der Waals surface area contributed by atoms with Gasteiger partial charge in [-0.25, -0.2) is 4.79 Å². The summed E-state index contributed by atoms with van der Waals surface area (Å²) in [6, 6.07) is 14.2. The van der Waals surface area contributed by atoms with Crippen molar-refractivity contribution in [2.24, 2.45) is 0 Å². The number of carbonyl (C=O) groups excluding carboxylic acids is 1. The molecule has 23 heavy (non-hydrogen) atoms. The second-order valence-electron chi connectivity index (χ2n) is 4.98. The van der Waals surface area contributed by atoms with Crippen LogP contribution in [0, 0.1) is 0 Å². The highest BCUT2D eigenvalue weighted by Gasteiger charge is 2.21. The van der Waals surface area contributed by atoms with Crippen molar-refractivity contribution in [3.63, 3.8) is 0 Å². The molecule has 1 aromatic heterocycles.